The van der Waals surface area contributed by atoms with Crippen LogP contribution in [0.3, 0.4) is 0 Å². The van der Waals surface area contributed by atoms with Crippen LogP contribution in [0.1, 0.15) is 24.0 Å². The van der Waals surface area contributed by atoms with Gasteiger partial charge in [-0.05, 0) is 37.9 Å². The second kappa shape index (κ2) is 5.99. The van der Waals surface area contributed by atoms with E-state index in [2.05, 4.69) is 16.7 Å². The van der Waals surface area contributed by atoms with Crippen molar-refractivity contribution in [2.24, 2.45) is 5.92 Å². The van der Waals surface area contributed by atoms with Gasteiger partial charge in [-0.15, -0.1) is 0 Å². The number of nitrogens with zero attached hydrogens (tertiary/aromatic N) is 1. The molecule has 2 rings (SSSR count). The highest BCUT2D eigenvalue weighted by Gasteiger charge is 2.22. The average Bonchev–Trinajstić information content (AvgIpc) is 3.13. The summed E-state index contributed by atoms with van der Waals surface area (Å²) in [5.74, 6) is 5.81. The quantitative estimate of drug-likeness (QED) is 0.823. The molecule has 1 N–H and O–H groups in total. The Balaban J connectivity index is 1.99. The fourth-order valence-electron chi connectivity index (χ4n) is 1.99. The second-order valence-electron chi connectivity index (χ2n) is 4.91. The Hall–Kier alpha value is -1.37. The van der Waals surface area contributed by atoms with Gasteiger partial charge >= 0.3 is 0 Å². The molecule has 0 atom stereocenters. The van der Waals surface area contributed by atoms with Gasteiger partial charge in [0.05, 0.1) is 0 Å². The molecule has 1 aliphatic rings. The number of aliphatic hydroxyl groups is 1. The van der Waals surface area contributed by atoms with Crippen LogP contribution in [0.2, 0.25) is 0 Å². The topological polar surface area (TPSA) is 23.5 Å². The van der Waals surface area contributed by atoms with E-state index >= 15 is 0 Å². The summed E-state index contributed by atoms with van der Waals surface area (Å²) in [4.78, 5) is 2.16. The summed E-state index contributed by atoms with van der Waals surface area (Å²) in [5.41, 5.74) is 1.31. The van der Waals surface area contributed by atoms with Gasteiger partial charge in [0.25, 0.3) is 0 Å². The van der Waals surface area contributed by atoms with Crippen LogP contribution in [-0.4, -0.2) is 30.2 Å². The molecule has 1 aromatic rings. The number of benzene rings is 1. The van der Waals surface area contributed by atoms with Crippen LogP contribution in [0.4, 0.5) is 4.39 Å². The fourth-order valence-corrected chi connectivity index (χ4v) is 1.99. The Labute approximate surface area is 107 Å². The highest BCUT2D eigenvalue weighted by Crippen LogP contribution is 2.29. The number of hydrogen-bond acceptors (Lipinski definition) is 2. The smallest absolute Gasteiger partial charge is 0.128 e. The summed E-state index contributed by atoms with van der Waals surface area (Å²) < 4.78 is 13.8. The molecule has 0 radical (unpaired) electrons. The second-order valence-corrected chi connectivity index (χ2v) is 4.91. The maximum atomic E-state index is 13.8. The standard InChI is InChI=1S/C15H18FNO/c1-17(10-13-4-5-13)11-14-7-6-12(3-2-8-18)9-15(14)16/h6-7,9,13,18H,4-5,8,10-11H2,1H3. The maximum Gasteiger partial charge on any atom is 0.128 e. The molecule has 1 aromatic carbocycles. The lowest BCUT2D eigenvalue weighted by molar-refractivity contribution is 0.308. The third kappa shape index (κ3) is 3.83. The van der Waals surface area contributed by atoms with Gasteiger partial charge in [-0.2, -0.15) is 0 Å². The van der Waals surface area contributed by atoms with E-state index in [9.17, 15) is 4.39 Å². The van der Waals surface area contributed by atoms with Crippen molar-refractivity contribution in [3.63, 3.8) is 0 Å². The zero-order valence-corrected chi connectivity index (χ0v) is 10.6. The minimum atomic E-state index is -0.220. The first kappa shape index (κ1) is 13.1. The molecule has 1 fully saturated rings. The van der Waals surface area contributed by atoms with Crippen LogP contribution in [0, 0.1) is 23.6 Å². The molecule has 0 aromatic heterocycles. The molecule has 0 bridgehead atoms. The Bertz CT molecular complexity index is 471. The summed E-state index contributed by atoms with van der Waals surface area (Å²) in [6.45, 7) is 1.48. The van der Waals surface area contributed by atoms with Crippen molar-refractivity contribution in [1.82, 2.24) is 4.90 Å². The van der Waals surface area contributed by atoms with E-state index < -0.39 is 0 Å². The van der Waals surface area contributed by atoms with Crippen molar-refractivity contribution >= 4 is 0 Å². The Kier molecular flexibility index (Phi) is 4.35. The molecule has 3 heteroatoms. The Morgan fingerprint density at radius 1 is 1.44 bits per heavy atom. The zero-order chi connectivity index (χ0) is 13.0. The minimum Gasteiger partial charge on any atom is -0.384 e. The predicted molar refractivity (Wildman–Crippen MR) is 69.4 cm³/mol. The lowest BCUT2D eigenvalue weighted by Crippen LogP contribution is -2.21. The van der Waals surface area contributed by atoms with Gasteiger partial charge in [-0.1, -0.05) is 17.9 Å². The molecule has 0 heterocycles. The molecule has 0 aliphatic heterocycles. The fraction of sp³-hybridized carbons (Fsp3) is 0.467. The van der Waals surface area contributed by atoms with Gasteiger partial charge < -0.3 is 10.0 Å². The van der Waals surface area contributed by atoms with Crippen molar-refractivity contribution in [2.45, 2.75) is 19.4 Å². The lowest BCUT2D eigenvalue weighted by atomic mass is 10.1. The molecular formula is C15H18FNO. The molecule has 0 spiro atoms. The third-order valence-electron chi connectivity index (χ3n) is 3.07. The largest absolute Gasteiger partial charge is 0.384 e. The lowest BCUT2D eigenvalue weighted by Gasteiger charge is -2.16. The summed E-state index contributed by atoms with van der Waals surface area (Å²) in [7, 11) is 2.03. The third-order valence-corrected chi connectivity index (χ3v) is 3.07. The van der Waals surface area contributed by atoms with Crippen LogP contribution >= 0.6 is 0 Å². The van der Waals surface area contributed by atoms with Gasteiger partial charge in [-0.3, -0.25) is 0 Å². The molecule has 2 nitrogen and oxygen atoms in total. The van der Waals surface area contributed by atoms with Crippen molar-refractivity contribution in [2.75, 3.05) is 20.2 Å². The predicted octanol–water partition coefficient (Wildman–Crippen LogP) is 2.01. The average molecular weight is 247 g/mol. The highest BCUT2D eigenvalue weighted by atomic mass is 19.1. The molecule has 1 saturated carbocycles. The van der Waals surface area contributed by atoms with E-state index in [-0.39, 0.29) is 12.4 Å². The highest BCUT2D eigenvalue weighted by molar-refractivity contribution is 5.37. The van der Waals surface area contributed by atoms with E-state index in [1.807, 2.05) is 7.05 Å². The van der Waals surface area contributed by atoms with Crippen LogP contribution in [0.15, 0.2) is 18.2 Å². The van der Waals surface area contributed by atoms with Crippen molar-refractivity contribution in [1.29, 1.82) is 0 Å². The first-order valence-electron chi connectivity index (χ1n) is 6.25. The van der Waals surface area contributed by atoms with Crippen LogP contribution in [-0.2, 0) is 6.54 Å². The van der Waals surface area contributed by atoms with E-state index in [0.29, 0.717) is 17.7 Å². The molecule has 0 unspecified atom stereocenters. The zero-order valence-electron chi connectivity index (χ0n) is 10.6. The van der Waals surface area contributed by atoms with Gasteiger partial charge in [0.2, 0.25) is 0 Å². The van der Waals surface area contributed by atoms with Crippen molar-refractivity contribution in [3.8, 4) is 11.8 Å². The number of halogens is 1. The van der Waals surface area contributed by atoms with E-state index in [1.54, 1.807) is 12.1 Å². The molecule has 1 aliphatic carbocycles. The van der Waals surface area contributed by atoms with Crippen LogP contribution in [0.25, 0.3) is 0 Å². The molecule has 0 saturated heterocycles. The van der Waals surface area contributed by atoms with Crippen molar-refractivity contribution in [3.05, 3.63) is 35.1 Å². The van der Waals surface area contributed by atoms with E-state index in [4.69, 9.17) is 5.11 Å². The summed E-state index contributed by atoms with van der Waals surface area (Å²) in [6, 6.07) is 5.01. The molecule has 96 valence electrons. The molecule has 0 amide bonds. The first-order chi connectivity index (χ1) is 8.69. The minimum absolute atomic E-state index is 0.201. The van der Waals surface area contributed by atoms with E-state index in [1.165, 1.54) is 18.9 Å². The maximum absolute atomic E-state index is 13.8. The van der Waals surface area contributed by atoms with Gasteiger partial charge in [0.1, 0.15) is 12.4 Å². The van der Waals surface area contributed by atoms with Crippen molar-refractivity contribution < 1.29 is 9.50 Å². The SMILES string of the molecule is CN(Cc1ccc(C#CCO)cc1F)CC1CC1. The number of rotatable bonds is 4. The van der Waals surface area contributed by atoms with Crippen LogP contribution < -0.4 is 0 Å². The first-order valence-corrected chi connectivity index (χ1v) is 6.25. The molecule has 18 heavy (non-hydrogen) atoms. The van der Waals surface area contributed by atoms with Gasteiger partial charge in [-0.25, -0.2) is 4.39 Å². The summed E-state index contributed by atoms with van der Waals surface area (Å²) in [5, 5.41) is 8.59. The normalized spacial score (nSPS) is 14.4. The Morgan fingerprint density at radius 3 is 2.83 bits per heavy atom. The monoisotopic (exact) mass is 247 g/mol. The summed E-state index contributed by atoms with van der Waals surface area (Å²) >= 11 is 0. The van der Waals surface area contributed by atoms with E-state index in [0.717, 1.165) is 12.5 Å². The molecular weight excluding hydrogens is 229 g/mol. The number of aliphatic hydroxyl groups excluding tert-OH is 1. The van der Waals surface area contributed by atoms with Crippen LogP contribution in [0.5, 0.6) is 0 Å². The van der Waals surface area contributed by atoms with Gasteiger partial charge in [0, 0.05) is 24.2 Å². The summed E-state index contributed by atoms with van der Waals surface area (Å²) in [6.07, 6.45) is 2.62. The Morgan fingerprint density at radius 2 is 2.22 bits per heavy atom. The van der Waals surface area contributed by atoms with Gasteiger partial charge in [0.15, 0.2) is 0 Å². The number of hydrogen-bond donors (Lipinski definition) is 1.